The summed E-state index contributed by atoms with van der Waals surface area (Å²) in [5.74, 6) is 0. The van der Waals surface area contributed by atoms with Crippen LogP contribution in [0.5, 0.6) is 0 Å². The predicted molar refractivity (Wildman–Crippen MR) is 256 cm³/mol. The van der Waals surface area contributed by atoms with E-state index in [1.54, 1.807) is 0 Å². The summed E-state index contributed by atoms with van der Waals surface area (Å²) in [6.45, 7) is 10.7. The van der Waals surface area contributed by atoms with E-state index in [1.807, 2.05) is 0 Å². The SMILES string of the molecule is CC1=CC(=Nc2cc(C)c(N(C)C)cc2[NH2+]c2ccccc2)CC=C1NCCCCCCCCNc1cc2c(cc1C)nc1cc(C)c(N(C)C)cc1[n+]2-c1ccccc1. The molecule has 0 bridgehead atoms. The standard InChI is InChI=1S/C52H62N8/c1-36-29-41(56-45-31-38(3)49(58(5)6)34-46(45)55-40-21-15-13-16-22-40)25-26-43(36)53-27-19-11-9-10-12-20-28-54-44-33-51-47(30-37(44)2)57-48-32-39(4)50(59(7)8)35-52(48)60(51)42-23-17-14-18-24-42/h13-18,21-24,26,29-35,53,55H,9-12,19-20,25,27-28H2,1-8H3/p+2. The number of nitrogens with two attached hydrogens (primary N) is 1. The number of nitrogens with zero attached hydrogens (tertiary/aromatic N) is 5. The molecular weight excluding hydrogens is 737 g/mol. The van der Waals surface area contributed by atoms with Crippen LogP contribution in [-0.4, -0.2) is 52.0 Å². The van der Waals surface area contributed by atoms with Crippen LogP contribution >= 0.6 is 0 Å². The fourth-order valence-electron chi connectivity index (χ4n) is 8.40. The van der Waals surface area contributed by atoms with Gasteiger partial charge in [0.2, 0.25) is 16.7 Å². The maximum Gasteiger partial charge on any atom is 0.239 e. The number of anilines is 3. The largest absolute Gasteiger partial charge is 0.385 e. The van der Waals surface area contributed by atoms with Crippen molar-refractivity contribution >= 4 is 61.9 Å². The fourth-order valence-corrected chi connectivity index (χ4v) is 8.40. The maximum absolute atomic E-state index is 5.19. The van der Waals surface area contributed by atoms with Crippen molar-refractivity contribution in [2.24, 2.45) is 4.99 Å². The van der Waals surface area contributed by atoms with E-state index in [2.05, 4.69) is 195 Å². The summed E-state index contributed by atoms with van der Waals surface area (Å²) in [5, 5.41) is 9.73. The first-order valence-corrected chi connectivity index (χ1v) is 21.7. The van der Waals surface area contributed by atoms with E-state index in [9.17, 15) is 0 Å². The lowest BCUT2D eigenvalue weighted by Crippen LogP contribution is -2.71. The van der Waals surface area contributed by atoms with Crippen LogP contribution in [-0.2, 0) is 0 Å². The Bertz CT molecular complexity index is 2530. The van der Waals surface area contributed by atoms with Gasteiger partial charge in [-0.3, -0.25) is 5.32 Å². The van der Waals surface area contributed by atoms with Crippen LogP contribution in [0, 0.1) is 20.8 Å². The van der Waals surface area contributed by atoms with Crippen LogP contribution in [0.25, 0.3) is 27.8 Å². The summed E-state index contributed by atoms with van der Waals surface area (Å²) in [6, 6.07) is 34.7. The molecule has 0 saturated heterocycles. The van der Waals surface area contributed by atoms with Crippen molar-refractivity contribution in [2.75, 3.05) is 56.4 Å². The number of allylic oxidation sites excluding steroid dienone is 3. The number of aryl methyl sites for hydroxylation is 3. The minimum Gasteiger partial charge on any atom is -0.385 e. The molecule has 1 aliphatic carbocycles. The maximum atomic E-state index is 5.19. The first-order chi connectivity index (χ1) is 29.0. The molecular formula is C52H64N8+2. The molecule has 0 aliphatic heterocycles. The van der Waals surface area contributed by atoms with Crippen molar-refractivity contribution in [3.63, 3.8) is 0 Å². The topological polar surface area (TPSA) is 76.3 Å². The molecule has 60 heavy (non-hydrogen) atoms. The number of aromatic nitrogens is 2. The third kappa shape index (κ3) is 10.1. The second-order valence-corrected chi connectivity index (χ2v) is 16.8. The molecule has 8 heteroatoms. The lowest BCUT2D eigenvalue weighted by molar-refractivity contribution is -0.538. The Balaban J connectivity index is 0.882. The van der Waals surface area contributed by atoms with Gasteiger partial charge in [-0.1, -0.05) is 68.2 Å². The summed E-state index contributed by atoms with van der Waals surface area (Å²) >= 11 is 0. The van der Waals surface area contributed by atoms with Crippen LogP contribution in [0.3, 0.4) is 0 Å². The number of hydrogen-bond acceptors (Lipinski definition) is 6. The first-order valence-electron chi connectivity index (χ1n) is 21.7. The monoisotopic (exact) mass is 801 g/mol. The van der Waals surface area contributed by atoms with Crippen LogP contribution < -0.4 is 30.3 Å². The molecule has 7 rings (SSSR count). The van der Waals surface area contributed by atoms with E-state index in [4.69, 9.17) is 9.98 Å². The molecule has 0 spiro atoms. The van der Waals surface area contributed by atoms with E-state index in [1.165, 1.54) is 82.8 Å². The van der Waals surface area contributed by atoms with Crippen molar-refractivity contribution in [2.45, 2.75) is 72.6 Å². The number of para-hydroxylation sites is 2. The van der Waals surface area contributed by atoms with Crippen molar-refractivity contribution in [1.29, 1.82) is 0 Å². The second-order valence-electron chi connectivity index (χ2n) is 16.8. The van der Waals surface area contributed by atoms with E-state index in [-0.39, 0.29) is 0 Å². The van der Waals surface area contributed by atoms with E-state index < -0.39 is 0 Å². The minimum atomic E-state index is 0.823. The molecule has 0 saturated carbocycles. The highest BCUT2D eigenvalue weighted by Crippen LogP contribution is 2.32. The number of unbranched alkanes of at least 4 members (excludes halogenated alkanes) is 5. The Labute approximate surface area is 357 Å². The van der Waals surface area contributed by atoms with Gasteiger partial charge in [0.25, 0.3) is 0 Å². The number of nitrogens with one attached hydrogen (secondary N) is 2. The first kappa shape index (κ1) is 42.1. The van der Waals surface area contributed by atoms with E-state index in [0.717, 1.165) is 70.8 Å². The molecule has 6 aromatic rings. The van der Waals surface area contributed by atoms with Crippen molar-refractivity contribution in [3.05, 3.63) is 137 Å². The van der Waals surface area contributed by atoms with Crippen molar-refractivity contribution in [1.82, 2.24) is 10.3 Å². The Hall–Kier alpha value is -5.99. The predicted octanol–water partition coefficient (Wildman–Crippen LogP) is 10.6. The third-order valence-corrected chi connectivity index (χ3v) is 11.6. The van der Waals surface area contributed by atoms with Gasteiger partial charge < -0.3 is 20.4 Å². The van der Waals surface area contributed by atoms with Crippen LogP contribution in [0.4, 0.5) is 34.1 Å². The van der Waals surface area contributed by atoms with Gasteiger partial charge in [-0.15, -0.1) is 4.57 Å². The summed E-state index contributed by atoms with van der Waals surface area (Å²) < 4.78 is 2.37. The average Bonchev–Trinajstić information content (AvgIpc) is 3.22. The molecule has 0 radical (unpaired) electrons. The number of rotatable bonds is 17. The zero-order valence-corrected chi connectivity index (χ0v) is 37.1. The number of quaternary nitrogens is 1. The third-order valence-electron chi connectivity index (χ3n) is 11.6. The highest BCUT2D eigenvalue weighted by molar-refractivity contribution is 6.00. The van der Waals surface area contributed by atoms with Crippen molar-refractivity contribution in [3.8, 4) is 5.69 Å². The second kappa shape index (κ2) is 19.4. The van der Waals surface area contributed by atoms with Crippen LogP contribution in [0.1, 0.15) is 68.6 Å². The summed E-state index contributed by atoms with van der Waals surface area (Å²) in [6.07, 6.45) is 12.7. The van der Waals surface area contributed by atoms with Gasteiger partial charge >= 0.3 is 0 Å². The number of hydrogen-bond donors (Lipinski definition) is 3. The smallest absolute Gasteiger partial charge is 0.239 e. The fraction of sp³-hybridized carbons (Fsp3) is 0.327. The molecule has 0 atom stereocenters. The van der Waals surface area contributed by atoms with Gasteiger partial charge in [0.05, 0.1) is 0 Å². The van der Waals surface area contributed by atoms with E-state index >= 15 is 0 Å². The average molecular weight is 801 g/mol. The molecule has 0 unspecified atom stereocenters. The summed E-state index contributed by atoms with van der Waals surface area (Å²) in [4.78, 5) is 14.7. The number of benzene rings is 5. The molecule has 0 fully saturated rings. The van der Waals surface area contributed by atoms with Crippen LogP contribution in [0.15, 0.2) is 125 Å². The molecule has 0 amide bonds. The Morgan fingerprint density at radius 2 is 1.23 bits per heavy atom. The molecule has 310 valence electrons. The number of aliphatic imine (C=N–C) groups is 1. The zero-order chi connectivity index (χ0) is 42.2. The lowest BCUT2D eigenvalue weighted by Gasteiger charge is -2.19. The van der Waals surface area contributed by atoms with Gasteiger partial charge in [0, 0.05) is 107 Å². The minimum absolute atomic E-state index is 0.823. The highest BCUT2D eigenvalue weighted by atomic mass is 15.1. The van der Waals surface area contributed by atoms with Gasteiger partial charge in [-0.25, -0.2) is 9.98 Å². The van der Waals surface area contributed by atoms with Gasteiger partial charge in [0.15, 0.2) is 5.69 Å². The Morgan fingerprint density at radius 3 is 1.90 bits per heavy atom. The Morgan fingerprint density at radius 1 is 0.650 bits per heavy atom. The highest BCUT2D eigenvalue weighted by Gasteiger charge is 2.23. The summed E-state index contributed by atoms with van der Waals surface area (Å²) in [7, 11) is 8.41. The molecule has 1 aromatic heterocycles. The molecule has 1 heterocycles. The summed E-state index contributed by atoms with van der Waals surface area (Å²) in [5.41, 5.74) is 19.6. The molecule has 5 aromatic carbocycles. The normalized spacial score (nSPS) is 13.4. The van der Waals surface area contributed by atoms with Gasteiger partial charge in [-0.2, -0.15) is 0 Å². The van der Waals surface area contributed by atoms with Gasteiger partial charge in [-0.05, 0) is 99.2 Å². The van der Waals surface area contributed by atoms with E-state index in [0.29, 0.717) is 0 Å². The molecule has 8 nitrogen and oxygen atoms in total. The Kier molecular flexibility index (Phi) is 13.6. The van der Waals surface area contributed by atoms with Crippen molar-refractivity contribution < 1.29 is 9.88 Å². The quantitative estimate of drug-likeness (QED) is 0.0371. The zero-order valence-electron chi connectivity index (χ0n) is 37.1. The molecule has 4 N–H and O–H groups in total. The number of fused-ring (bicyclic) bond motifs is 2. The molecule has 1 aliphatic rings. The lowest BCUT2D eigenvalue weighted by atomic mass is 10.0. The van der Waals surface area contributed by atoms with Gasteiger partial charge in [0.1, 0.15) is 22.4 Å². The van der Waals surface area contributed by atoms with Crippen LogP contribution in [0.2, 0.25) is 0 Å².